The van der Waals surface area contributed by atoms with E-state index >= 15 is 0 Å². The van der Waals surface area contributed by atoms with Crippen LogP contribution in [0.1, 0.15) is 34.9 Å². The number of rotatable bonds is 3. The number of benzene rings is 2. The molecule has 5 nitrogen and oxygen atoms in total. The third-order valence-electron chi connectivity index (χ3n) is 4.91. The van der Waals surface area contributed by atoms with E-state index in [0.29, 0.717) is 22.8 Å². The van der Waals surface area contributed by atoms with Crippen molar-refractivity contribution in [1.29, 1.82) is 0 Å². The van der Waals surface area contributed by atoms with Crippen LogP contribution in [0.4, 0.5) is 10.3 Å². The van der Waals surface area contributed by atoms with Gasteiger partial charge in [-0.1, -0.05) is 23.7 Å². The van der Waals surface area contributed by atoms with Gasteiger partial charge in [-0.3, -0.25) is 4.79 Å². The van der Waals surface area contributed by atoms with Crippen molar-refractivity contribution in [2.24, 2.45) is 0 Å². The molecule has 2 aromatic carbocycles. The van der Waals surface area contributed by atoms with Crippen LogP contribution >= 0.6 is 11.6 Å². The topological polar surface area (TPSA) is 72.1 Å². The first-order chi connectivity index (χ1) is 13.5. The van der Waals surface area contributed by atoms with Crippen LogP contribution in [0.15, 0.2) is 54.7 Å². The van der Waals surface area contributed by atoms with Gasteiger partial charge in [0.25, 0.3) is 5.91 Å². The minimum Gasteiger partial charge on any atom is -0.368 e. The van der Waals surface area contributed by atoms with Crippen LogP contribution < -0.4 is 5.73 Å². The fourth-order valence-electron chi connectivity index (χ4n) is 3.57. The number of hydrogen-bond donors (Lipinski definition) is 1. The molecule has 28 heavy (non-hydrogen) atoms. The van der Waals surface area contributed by atoms with Crippen LogP contribution in [0.2, 0.25) is 5.02 Å². The van der Waals surface area contributed by atoms with Gasteiger partial charge in [-0.15, -0.1) is 0 Å². The van der Waals surface area contributed by atoms with Crippen molar-refractivity contribution in [3.63, 3.8) is 0 Å². The van der Waals surface area contributed by atoms with Crippen molar-refractivity contribution >= 4 is 23.5 Å². The summed E-state index contributed by atoms with van der Waals surface area (Å²) < 4.78 is 13.2. The normalized spacial score (nSPS) is 16.4. The Kier molecular flexibility index (Phi) is 4.96. The van der Waals surface area contributed by atoms with E-state index < -0.39 is 0 Å². The summed E-state index contributed by atoms with van der Waals surface area (Å²) in [5.41, 5.74) is 8.73. The second-order valence-electron chi connectivity index (χ2n) is 6.70. The average molecular weight is 397 g/mol. The van der Waals surface area contributed by atoms with Crippen LogP contribution in [-0.4, -0.2) is 27.3 Å². The predicted octanol–water partition coefficient (Wildman–Crippen LogP) is 4.50. The Labute approximate surface area is 167 Å². The lowest BCUT2D eigenvalue weighted by molar-refractivity contribution is 0.0733. The van der Waals surface area contributed by atoms with E-state index in [2.05, 4.69) is 9.97 Å². The lowest BCUT2D eigenvalue weighted by Crippen LogP contribution is -2.31. The molecule has 1 unspecified atom stereocenters. The second kappa shape index (κ2) is 7.56. The van der Waals surface area contributed by atoms with Gasteiger partial charge in [0.1, 0.15) is 5.82 Å². The van der Waals surface area contributed by atoms with Gasteiger partial charge in [-0.2, -0.15) is 0 Å². The van der Waals surface area contributed by atoms with Crippen LogP contribution in [0, 0.1) is 5.82 Å². The molecule has 0 spiro atoms. The van der Waals surface area contributed by atoms with Gasteiger partial charge in [0.2, 0.25) is 5.95 Å². The van der Waals surface area contributed by atoms with E-state index in [9.17, 15) is 9.18 Å². The van der Waals surface area contributed by atoms with Gasteiger partial charge in [0.15, 0.2) is 0 Å². The molecule has 142 valence electrons. The molecule has 3 aromatic rings. The Morgan fingerprint density at radius 2 is 1.86 bits per heavy atom. The van der Waals surface area contributed by atoms with Gasteiger partial charge in [0.05, 0.1) is 11.7 Å². The monoisotopic (exact) mass is 396 g/mol. The molecule has 0 bridgehead atoms. The van der Waals surface area contributed by atoms with E-state index in [1.54, 1.807) is 23.2 Å². The number of halogens is 2. The van der Waals surface area contributed by atoms with E-state index in [1.807, 2.05) is 12.1 Å². The number of nitrogens with two attached hydrogens (primary N) is 1. The van der Waals surface area contributed by atoms with E-state index in [-0.39, 0.29) is 23.7 Å². The molecule has 1 aliphatic rings. The molecule has 1 saturated heterocycles. The van der Waals surface area contributed by atoms with Gasteiger partial charge < -0.3 is 10.6 Å². The largest absolute Gasteiger partial charge is 0.368 e. The molecular weight excluding hydrogens is 379 g/mol. The van der Waals surface area contributed by atoms with Gasteiger partial charge in [-0.05, 0) is 54.8 Å². The quantitative estimate of drug-likeness (QED) is 0.707. The smallest absolute Gasteiger partial charge is 0.254 e. The number of carbonyl (C=O) groups excluding carboxylic acids is 1. The maximum absolute atomic E-state index is 13.2. The lowest BCUT2D eigenvalue weighted by atomic mass is 9.99. The summed E-state index contributed by atoms with van der Waals surface area (Å²) >= 11 is 6.00. The minimum absolute atomic E-state index is 0.151. The van der Waals surface area contributed by atoms with Crippen molar-refractivity contribution in [2.75, 3.05) is 12.3 Å². The molecule has 0 aliphatic carbocycles. The summed E-state index contributed by atoms with van der Waals surface area (Å²) in [6, 6.07) is 12.7. The fourth-order valence-corrected chi connectivity index (χ4v) is 3.69. The molecule has 1 atom stereocenters. The Morgan fingerprint density at radius 3 is 2.57 bits per heavy atom. The van der Waals surface area contributed by atoms with E-state index in [4.69, 9.17) is 17.3 Å². The van der Waals surface area contributed by atoms with Crippen molar-refractivity contribution in [3.8, 4) is 11.1 Å². The average Bonchev–Trinajstić information content (AvgIpc) is 3.18. The highest BCUT2D eigenvalue weighted by Crippen LogP contribution is 2.37. The summed E-state index contributed by atoms with van der Waals surface area (Å²) in [7, 11) is 0. The zero-order valence-electron chi connectivity index (χ0n) is 15.0. The highest BCUT2D eigenvalue weighted by atomic mass is 35.5. The van der Waals surface area contributed by atoms with Crippen LogP contribution in [0.5, 0.6) is 0 Å². The molecular formula is C21H18ClFN4O. The number of hydrogen-bond acceptors (Lipinski definition) is 4. The summed E-state index contributed by atoms with van der Waals surface area (Å²) in [5, 5.41) is 0.635. The van der Waals surface area contributed by atoms with Crippen LogP contribution in [-0.2, 0) is 0 Å². The molecule has 4 rings (SSSR count). The Hall–Kier alpha value is -2.99. The first kappa shape index (κ1) is 18.4. The summed E-state index contributed by atoms with van der Waals surface area (Å²) in [5.74, 6) is -0.362. The first-order valence-electron chi connectivity index (χ1n) is 8.98. The Bertz CT molecular complexity index is 1010. The Balaban J connectivity index is 1.73. The number of amides is 1. The number of anilines is 1. The molecule has 1 amide bonds. The van der Waals surface area contributed by atoms with Crippen molar-refractivity contribution < 1.29 is 9.18 Å². The fraction of sp³-hybridized carbons (Fsp3) is 0.190. The van der Waals surface area contributed by atoms with Crippen LogP contribution in [0.25, 0.3) is 11.1 Å². The summed E-state index contributed by atoms with van der Waals surface area (Å²) in [6.07, 6.45) is 3.30. The van der Waals surface area contributed by atoms with Crippen molar-refractivity contribution in [2.45, 2.75) is 18.9 Å². The standard InChI is InChI=1S/C21H18ClFN4O/c22-15-7-3-13(4-8-15)17-12-25-21(24)26-19(17)18-2-1-11-27(18)20(28)14-5-9-16(23)10-6-14/h3-10,12,18H,1-2,11H2,(H2,24,25,26). The SMILES string of the molecule is Nc1ncc(-c2ccc(Cl)cc2)c(C2CCCN2C(=O)c2ccc(F)cc2)n1. The first-order valence-corrected chi connectivity index (χ1v) is 9.35. The zero-order chi connectivity index (χ0) is 19.7. The van der Waals surface area contributed by atoms with Crippen LogP contribution in [0.3, 0.4) is 0 Å². The van der Waals surface area contributed by atoms with E-state index in [1.165, 1.54) is 24.3 Å². The van der Waals surface area contributed by atoms with Gasteiger partial charge in [-0.25, -0.2) is 14.4 Å². The predicted molar refractivity (Wildman–Crippen MR) is 106 cm³/mol. The van der Waals surface area contributed by atoms with Crippen molar-refractivity contribution in [3.05, 3.63) is 76.8 Å². The number of nitrogen functional groups attached to an aromatic ring is 1. The molecule has 1 aliphatic heterocycles. The third kappa shape index (κ3) is 3.55. The molecule has 0 radical (unpaired) electrons. The maximum Gasteiger partial charge on any atom is 0.254 e. The molecule has 0 saturated carbocycles. The molecule has 1 aromatic heterocycles. The highest BCUT2D eigenvalue weighted by Gasteiger charge is 2.33. The lowest BCUT2D eigenvalue weighted by Gasteiger charge is -2.26. The number of carbonyl (C=O) groups is 1. The maximum atomic E-state index is 13.2. The number of nitrogens with zero attached hydrogens (tertiary/aromatic N) is 3. The molecule has 2 heterocycles. The van der Waals surface area contributed by atoms with Gasteiger partial charge in [0, 0.05) is 28.9 Å². The number of likely N-dealkylation sites (tertiary alicyclic amines) is 1. The summed E-state index contributed by atoms with van der Waals surface area (Å²) in [4.78, 5) is 23.4. The molecule has 7 heteroatoms. The number of aromatic nitrogens is 2. The molecule has 2 N–H and O–H groups in total. The minimum atomic E-state index is -0.372. The Morgan fingerprint density at radius 1 is 1.14 bits per heavy atom. The van der Waals surface area contributed by atoms with Gasteiger partial charge >= 0.3 is 0 Å². The third-order valence-corrected chi connectivity index (χ3v) is 5.16. The zero-order valence-corrected chi connectivity index (χ0v) is 15.7. The molecule has 1 fully saturated rings. The van der Waals surface area contributed by atoms with E-state index in [0.717, 1.165) is 24.0 Å². The van der Waals surface area contributed by atoms with Crippen molar-refractivity contribution in [1.82, 2.24) is 14.9 Å². The summed E-state index contributed by atoms with van der Waals surface area (Å²) in [6.45, 7) is 0.602. The second-order valence-corrected chi connectivity index (χ2v) is 7.13. The highest BCUT2D eigenvalue weighted by molar-refractivity contribution is 6.30.